The third-order valence-corrected chi connectivity index (χ3v) is 15.5. The Morgan fingerprint density at radius 1 is 0.544 bits per heavy atom. The zero-order valence-corrected chi connectivity index (χ0v) is 39.4. The fraction of sp³-hybridized carbons (Fsp3) is 0.588. The van der Waals surface area contributed by atoms with Gasteiger partial charge in [0, 0.05) is 128 Å². The van der Waals surface area contributed by atoms with Crippen molar-refractivity contribution in [1.82, 2.24) is 39.5 Å². The molecular formula is C51H70N12O5. The number of carbonyl (C=O) groups excluding carboxylic acids is 1. The molecule has 0 unspecified atom stereocenters. The normalized spacial score (nSPS) is 24.9. The van der Waals surface area contributed by atoms with Crippen LogP contribution in [0.1, 0.15) is 77.0 Å². The first-order valence-corrected chi connectivity index (χ1v) is 25.3. The quantitative estimate of drug-likeness (QED) is 0.101. The molecule has 2 aromatic carbocycles. The number of fused-ring (bicyclic) bond motifs is 2. The highest BCUT2D eigenvalue weighted by Crippen LogP contribution is 2.31. The van der Waals surface area contributed by atoms with Crippen LogP contribution in [0, 0.1) is 0 Å². The van der Waals surface area contributed by atoms with Gasteiger partial charge in [-0.1, -0.05) is 48.5 Å². The number of aliphatic hydroxyl groups excluding tert-OH is 4. The maximum Gasteiger partial charge on any atom is 0.230 e. The highest BCUT2D eigenvalue weighted by Gasteiger charge is 2.37. The van der Waals surface area contributed by atoms with Gasteiger partial charge in [0.15, 0.2) is 0 Å². The first-order chi connectivity index (χ1) is 33.3. The molecule has 0 spiro atoms. The number of nitrogens with zero attached hydrogens (tertiary/aromatic N) is 10. The second kappa shape index (κ2) is 21.4. The third-order valence-electron chi connectivity index (χ3n) is 15.5. The average Bonchev–Trinajstić information content (AvgIpc) is 3.37. The van der Waals surface area contributed by atoms with Gasteiger partial charge in [0.05, 0.1) is 25.4 Å². The summed E-state index contributed by atoms with van der Waals surface area (Å²) in [5, 5.41) is 49.9. The van der Waals surface area contributed by atoms with Crippen molar-refractivity contribution in [3.63, 3.8) is 0 Å². The van der Waals surface area contributed by atoms with Crippen LogP contribution < -0.4 is 20.4 Å². The van der Waals surface area contributed by atoms with Gasteiger partial charge < -0.3 is 50.7 Å². The standard InChI is InChI=1S/C51H70N12O5/c64-27-25-58-17-11-39(12-18-58)52-47-29-41(54-50(56-47)62-23-15-43(45(66)33-62)60-21-9-35-5-1-3-7-37(35)31-60)49(68)42-30-48(53-40-13-19-59(20-14-40)26-28-65)57-51(55-42)63-24-16-44(46(67)34-63)61-22-10-36-6-2-4-8-38(36)32-61/h1-8,29-30,39-40,43-46,64-67H,9-28,31-34H2,(H,52,54,56)(H,53,55,57)/t43-,44-,45-,46-/m1/s1. The summed E-state index contributed by atoms with van der Waals surface area (Å²) in [7, 11) is 0. The molecule has 4 fully saturated rings. The van der Waals surface area contributed by atoms with Gasteiger partial charge in [-0.2, -0.15) is 9.97 Å². The number of β-amino-alcohol motifs (C(OH)–C–C–N with tert-alkyl or cyclic N) is 4. The summed E-state index contributed by atoms with van der Waals surface area (Å²) in [5.41, 5.74) is 5.81. The number of rotatable bonds is 14. The Labute approximate surface area is 400 Å². The molecule has 4 aromatic rings. The third kappa shape index (κ3) is 10.8. The SMILES string of the molecule is O=C(c1cc(NC2CCN(CCO)CC2)nc(N2CC[C@@H](N3CCc4ccccc4C3)[C@H](O)C2)n1)c1cc(NC2CCN(CCO)CC2)nc(N2CC[C@@H](N3CCc4ccccc4C3)[C@H](O)C2)n1. The number of likely N-dealkylation sites (tertiary alicyclic amines) is 2. The van der Waals surface area contributed by atoms with Crippen molar-refractivity contribution in [3.05, 3.63) is 94.3 Å². The first-order valence-electron chi connectivity index (χ1n) is 25.3. The minimum Gasteiger partial charge on any atom is -0.395 e. The molecule has 0 bridgehead atoms. The minimum absolute atomic E-state index is 0.00134. The van der Waals surface area contributed by atoms with Gasteiger partial charge in [0.1, 0.15) is 23.0 Å². The molecule has 17 heteroatoms. The minimum atomic E-state index is -0.636. The lowest BCUT2D eigenvalue weighted by Gasteiger charge is -2.43. The Morgan fingerprint density at radius 2 is 0.956 bits per heavy atom. The number of piperidine rings is 4. The van der Waals surface area contributed by atoms with Crippen molar-refractivity contribution in [2.75, 3.05) is 112 Å². The molecule has 6 aliphatic heterocycles. The maximum atomic E-state index is 15.0. The van der Waals surface area contributed by atoms with Gasteiger partial charge in [0.2, 0.25) is 17.7 Å². The number of ketones is 1. The van der Waals surface area contributed by atoms with Crippen LogP contribution in [0.4, 0.5) is 23.5 Å². The van der Waals surface area contributed by atoms with Crippen LogP contribution in [-0.2, 0) is 25.9 Å². The van der Waals surface area contributed by atoms with Crippen LogP contribution >= 0.6 is 0 Å². The Morgan fingerprint density at radius 3 is 1.35 bits per heavy atom. The summed E-state index contributed by atoms with van der Waals surface area (Å²) in [6, 6.07) is 20.9. The van der Waals surface area contributed by atoms with Crippen molar-refractivity contribution in [3.8, 4) is 0 Å². The van der Waals surface area contributed by atoms with Crippen molar-refractivity contribution >= 4 is 29.3 Å². The van der Waals surface area contributed by atoms with Gasteiger partial charge in [-0.3, -0.25) is 14.6 Å². The maximum absolute atomic E-state index is 15.0. The molecule has 0 radical (unpaired) electrons. The van der Waals surface area contributed by atoms with Gasteiger partial charge in [0.25, 0.3) is 0 Å². The number of carbonyl (C=O) groups is 1. The molecule has 8 heterocycles. The van der Waals surface area contributed by atoms with Crippen molar-refractivity contribution in [1.29, 1.82) is 0 Å². The summed E-state index contributed by atoms with van der Waals surface area (Å²) in [4.78, 5) is 48.4. The van der Waals surface area contributed by atoms with Crippen molar-refractivity contribution < 1.29 is 25.2 Å². The first kappa shape index (κ1) is 46.9. The Kier molecular flexibility index (Phi) is 14.8. The van der Waals surface area contributed by atoms with E-state index in [9.17, 15) is 20.4 Å². The van der Waals surface area contributed by atoms with E-state index in [2.05, 4.69) is 78.8 Å². The average molecular weight is 931 g/mol. The lowest BCUT2D eigenvalue weighted by atomic mass is 9.94. The summed E-state index contributed by atoms with van der Waals surface area (Å²) in [6.45, 7) is 10.3. The number of hydrogen-bond donors (Lipinski definition) is 6. The fourth-order valence-corrected chi connectivity index (χ4v) is 11.6. The number of hydrogen-bond acceptors (Lipinski definition) is 17. The molecule has 0 saturated carbocycles. The number of aromatic nitrogens is 4. The van der Waals surface area contributed by atoms with Crippen LogP contribution in [0.15, 0.2) is 60.7 Å². The molecule has 10 rings (SSSR count). The number of anilines is 4. The molecule has 68 heavy (non-hydrogen) atoms. The van der Waals surface area contributed by atoms with E-state index >= 15 is 4.79 Å². The molecule has 6 N–H and O–H groups in total. The molecule has 4 saturated heterocycles. The van der Waals surface area contributed by atoms with Gasteiger partial charge in [-0.25, -0.2) is 9.97 Å². The molecule has 0 aliphatic carbocycles. The lowest BCUT2D eigenvalue weighted by Crippen LogP contribution is -2.55. The molecule has 17 nitrogen and oxygen atoms in total. The van der Waals surface area contributed by atoms with E-state index in [1.807, 2.05) is 9.80 Å². The molecule has 0 amide bonds. The molecular weight excluding hydrogens is 861 g/mol. The van der Waals surface area contributed by atoms with Crippen LogP contribution in [0.3, 0.4) is 0 Å². The second-order valence-corrected chi connectivity index (χ2v) is 19.9. The zero-order valence-electron chi connectivity index (χ0n) is 39.4. The monoisotopic (exact) mass is 931 g/mol. The van der Waals surface area contributed by atoms with Crippen LogP contribution in [0.5, 0.6) is 0 Å². The molecule has 364 valence electrons. The highest BCUT2D eigenvalue weighted by molar-refractivity contribution is 6.07. The van der Waals surface area contributed by atoms with E-state index in [1.54, 1.807) is 12.1 Å². The largest absolute Gasteiger partial charge is 0.395 e. The second-order valence-electron chi connectivity index (χ2n) is 19.9. The summed E-state index contributed by atoms with van der Waals surface area (Å²) >= 11 is 0. The van der Waals surface area contributed by atoms with E-state index in [0.29, 0.717) is 62.8 Å². The van der Waals surface area contributed by atoms with Crippen molar-refractivity contribution in [2.45, 2.75) is 101 Å². The molecule has 2 aromatic heterocycles. The van der Waals surface area contributed by atoms with Gasteiger partial charge in [-0.15, -0.1) is 0 Å². The predicted molar refractivity (Wildman–Crippen MR) is 262 cm³/mol. The van der Waals surface area contributed by atoms with Crippen LogP contribution in [0.2, 0.25) is 0 Å². The Balaban J connectivity index is 0.912. The molecule has 4 atom stereocenters. The zero-order chi connectivity index (χ0) is 46.6. The Bertz CT molecular complexity index is 2180. The summed E-state index contributed by atoms with van der Waals surface area (Å²) in [6.07, 6.45) is 5.56. The fourth-order valence-electron chi connectivity index (χ4n) is 11.6. The highest BCUT2D eigenvalue weighted by atomic mass is 16.3. The van der Waals surface area contributed by atoms with E-state index < -0.39 is 12.2 Å². The van der Waals surface area contributed by atoms with E-state index in [-0.39, 0.29) is 54.6 Å². The van der Waals surface area contributed by atoms with Crippen molar-refractivity contribution in [2.24, 2.45) is 0 Å². The van der Waals surface area contributed by atoms with E-state index in [0.717, 1.165) is 104 Å². The number of benzene rings is 2. The van der Waals surface area contributed by atoms with Crippen LogP contribution in [0.25, 0.3) is 0 Å². The lowest BCUT2D eigenvalue weighted by molar-refractivity contribution is 0.0291. The summed E-state index contributed by atoms with van der Waals surface area (Å²) < 4.78 is 0. The van der Waals surface area contributed by atoms with Gasteiger partial charge in [-0.05, 0) is 73.6 Å². The topological polar surface area (TPSA) is 193 Å². The van der Waals surface area contributed by atoms with E-state index in [1.165, 1.54) is 22.3 Å². The van der Waals surface area contributed by atoms with E-state index in [4.69, 9.17) is 19.9 Å². The predicted octanol–water partition coefficient (Wildman–Crippen LogP) is 2.23. The molecule has 6 aliphatic rings. The summed E-state index contributed by atoms with van der Waals surface area (Å²) in [5.74, 6) is 1.53. The Hall–Kier alpha value is -4.85. The van der Waals surface area contributed by atoms with Gasteiger partial charge >= 0.3 is 0 Å². The smallest absolute Gasteiger partial charge is 0.230 e. The number of nitrogens with one attached hydrogen (secondary N) is 2. The number of aliphatic hydroxyl groups is 4. The van der Waals surface area contributed by atoms with Crippen LogP contribution in [-0.4, -0.2) is 194 Å².